The number of carbonyl (C=O) groups excluding carboxylic acids is 2. The summed E-state index contributed by atoms with van der Waals surface area (Å²) in [6.07, 6.45) is -0.323. The minimum Gasteiger partial charge on any atom is -0.453 e. The van der Waals surface area contributed by atoms with Crippen molar-refractivity contribution in [1.29, 1.82) is 0 Å². The predicted molar refractivity (Wildman–Crippen MR) is 98.6 cm³/mol. The van der Waals surface area contributed by atoms with E-state index in [0.29, 0.717) is 39.3 Å². The third kappa shape index (κ3) is 6.02. The minimum absolute atomic E-state index is 0.110. The Morgan fingerprint density at radius 3 is 2.44 bits per heavy atom. The van der Waals surface area contributed by atoms with Crippen molar-refractivity contribution in [2.75, 3.05) is 32.8 Å². The number of esters is 1. The smallest absolute Gasteiger partial charge is 0.306 e. The first-order valence-corrected chi connectivity index (χ1v) is 10.4. The lowest BCUT2D eigenvalue weighted by Gasteiger charge is -2.26. The van der Waals surface area contributed by atoms with E-state index in [1.54, 1.807) is 31.2 Å². The van der Waals surface area contributed by atoms with Gasteiger partial charge in [0.2, 0.25) is 10.0 Å². The van der Waals surface area contributed by atoms with Crippen LogP contribution in [0.3, 0.4) is 0 Å². The van der Waals surface area contributed by atoms with Gasteiger partial charge < -0.3 is 14.8 Å². The average molecular weight is 398 g/mol. The molecule has 2 rings (SSSR count). The van der Waals surface area contributed by atoms with E-state index in [1.807, 2.05) is 0 Å². The molecule has 1 saturated heterocycles. The van der Waals surface area contributed by atoms with Gasteiger partial charge in [-0.2, -0.15) is 4.31 Å². The fourth-order valence-electron chi connectivity index (χ4n) is 2.64. The Hall–Kier alpha value is -1.97. The second-order valence-electron chi connectivity index (χ2n) is 6.19. The molecule has 1 aliphatic rings. The quantitative estimate of drug-likeness (QED) is 0.647. The largest absolute Gasteiger partial charge is 0.453 e. The highest BCUT2D eigenvalue weighted by atomic mass is 32.2. The molecule has 27 heavy (non-hydrogen) atoms. The zero-order chi connectivity index (χ0) is 19.9. The van der Waals surface area contributed by atoms with Gasteiger partial charge in [0.25, 0.3) is 5.91 Å². The molecule has 1 aromatic rings. The number of hydrogen-bond acceptors (Lipinski definition) is 6. The fourth-order valence-corrected chi connectivity index (χ4v) is 4.05. The van der Waals surface area contributed by atoms with Gasteiger partial charge in [0.1, 0.15) is 0 Å². The van der Waals surface area contributed by atoms with E-state index in [2.05, 4.69) is 5.32 Å². The third-order valence-corrected chi connectivity index (χ3v) is 6.09. The van der Waals surface area contributed by atoms with Crippen molar-refractivity contribution in [3.63, 3.8) is 0 Å². The second-order valence-corrected chi connectivity index (χ2v) is 8.13. The molecule has 0 unspecified atom stereocenters. The predicted octanol–water partition coefficient (Wildman–Crippen LogP) is 0.708. The van der Waals surface area contributed by atoms with E-state index >= 15 is 0 Å². The summed E-state index contributed by atoms with van der Waals surface area (Å²) in [5, 5.41) is 2.59. The van der Waals surface area contributed by atoms with Gasteiger partial charge in [-0.3, -0.25) is 9.59 Å². The van der Waals surface area contributed by atoms with E-state index in [1.165, 1.54) is 11.2 Å². The molecule has 1 aliphatic heterocycles. The highest BCUT2D eigenvalue weighted by molar-refractivity contribution is 7.89. The topological polar surface area (TPSA) is 102 Å². The van der Waals surface area contributed by atoms with Gasteiger partial charge >= 0.3 is 5.97 Å². The summed E-state index contributed by atoms with van der Waals surface area (Å²) in [4.78, 5) is 23.6. The number of hydrogen-bond donors (Lipinski definition) is 1. The van der Waals surface area contributed by atoms with Crippen LogP contribution in [-0.2, 0) is 35.5 Å². The molecule has 1 N–H and O–H groups in total. The number of amides is 1. The number of sulfonamides is 1. The molecule has 0 aliphatic carbocycles. The van der Waals surface area contributed by atoms with Crippen LogP contribution in [0.2, 0.25) is 0 Å². The summed E-state index contributed by atoms with van der Waals surface area (Å²) in [5.74, 6) is -0.803. The number of benzene rings is 1. The molecule has 0 bridgehead atoms. The molecule has 0 aromatic heterocycles. The Morgan fingerprint density at radius 1 is 1.22 bits per heavy atom. The van der Waals surface area contributed by atoms with Gasteiger partial charge in [0, 0.05) is 26.1 Å². The van der Waals surface area contributed by atoms with Crippen molar-refractivity contribution in [3.8, 4) is 0 Å². The SMILES string of the molecule is CCNC(=O)[C@H](C)OC(=O)CCc1ccc(S(=O)(=O)N2CCOCC2)cc1. The van der Waals surface area contributed by atoms with Crippen molar-refractivity contribution in [2.45, 2.75) is 37.7 Å². The molecule has 1 aromatic carbocycles. The molecular weight excluding hydrogens is 372 g/mol. The molecule has 1 amide bonds. The van der Waals surface area contributed by atoms with Crippen LogP contribution in [0.15, 0.2) is 29.2 Å². The first kappa shape index (κ1) is 21.3. The zero-order valence-corrected chi connectivity index (χ0v) is 16.5. The maximum absolute atomic E-state index is 12.6. The number of carbonyl (C=O) groups is 2. The van der Waals surface area contributed by atoms with Gasteiger partial charge in [0.15, 0.2) is 6.10 Å². The summed E-state index contributed by atoms with van der Waals surface area (Å²) in [6.45, 7) is 5.27. The van der Waals surface area contributed by atoms with Crippen LogP contribution >= 0.6 is 0 Å². The van der Waals surface area contributed by atoms with Gasteiger partial charge in [0.05, 0.1) is 18.1 Å². The monoisotopic (exact) mass is 398 g/mol. The lowest BCUT2D eigenvalue weighted by Crippen LogP contribution is -2.40. The summed E-state index contributed by atoms with van der Waals surface area (Å²) in [6, 6.07) is 6.47. The van der Waals surface area contributed by atoms with Crippen molar-refractivity contribution < 1.29 is 27.5 Å². The zero-order valence-electron chi connectivity index (χ0n) is 15.6. The maximum Gasteiger partial charge on any atom is 0.306 e. The number of nitrogens with zero attached hydrogens (tertiary/aromatic N) is 1. The molecule has 0 radical (unpaired) electrons. The van der Waals surface area contributed by atoms with Crippen LogP contribution in [0, 0.1) is 0 Å². The second kappa shape index (κ2) is 9.82. The number of ether oxygens (including phenoxy) is 2. The number of likely N-dealkylation sites (N-methyl/N-ethyl adjacent to an activating group) is 1. The number of morpholine rings is 1. The van der Waals surface area contributed by atoms with E-state index in [9.17, 15) is 18.0 Å². The van der Waals surface area contributed by atoms with Gasteiger partial charge in [-0.25, -0.2) is 8.42 Å². The first-order valence-electron chi connectivity index (χ1n) is 8.98. The van der Waals surface area contributed by atoms with Crippen molar-refractivity contribution in [1.82, 2.24) is 9.62 Å². The third-order valence-electron chi connectivity index (χ3n) is 4.18. The van der Waals surface area contributed by atoms with Gasteiger partial charge in [-0.1, -0.05) is 12.1 Å². The van der Waals surface area contributed by atoms with Crippen LogP contribution in [0.4, 0.5) is 0 Å². The Bertz CT molecular complexity index is 742. The maximum atomic E-state index is 12.6. The van der Waals surface area contributed by atoms with Crippen molar-refractivity contribution >= 4 is 21.9 Å². The van der Waals surface area contributed by atoms with E-state index in [4.69, 9.17) is 9.47 Å². The molecule has 0 spiro atoms. The van der Waals surface area contributed by atoms with Crippen molar-refractivity contribution in [2.24, 2.45) is 0 Å². The average Bonchev–Trinajstić information content (AvgIpc) is 2.67. The Balaban J connectivity index is 1.88. The summed E-state index contributed by atoms with van der Waals surface area (Å²) in [7, 11) is -3.52. The summed E-state index contributed by atoms with van der Waals surface area (Å²) in [5.41, 5.74) is 0.818. The number of nitrogens with one attached hydrogen (secondary N) is 1. The molecular formula is C18H26N2O6S. The Morgan fingerprint density at radius 2 is 1.85 bits per heavy atom. The summed E-state index contributed by atoms with van der Waals surface area (Å²) < 4.78 is 36.8. The van der Waals surface area contributed by atoms with Gasteiger partial charge in [-0.05, 0) is 38.0 Å². The Labute approximate surface area is 159 Å². The van der Waals surface area contributed by atoms with Crippen LogP contribution < -0.4 is 5.32 Å². The molecule has 1 heterocycles. The fraction of sp³-hybridized carbons (Fsp3) is 0.556. The molecule has 1 fully saturated rings. The first-order chi connectivity index (χ1) is 12.8. The Kier molecular flexibility index (Phi) is 7.76. The molecule has 8 nitrogen and oxygen atoms in total. The minimum atomic E-state index is -3.52. The van der Waals surface area contributed by atoms with Crippen LogP contribution in [0.1, 0.15) is 25.8 Å². The van der Waals surface area contributed by atoms with Crippen LogP contribution in [0.25, 0.3) is 0 Å². The highest BCUT2D eigenvalue weighted by Gasteiger charge is 2.26. The molecule has 150 valence electrons. The lowest BCUT2D eigenvalue weighted by molar-refractivity contribution is -0.154. The molecule has 0 saturated carbocycles. The van der Waals surface area contributed by atoms with Crippen LogP contribution in [0.5, 0.6) is 0 Å². The molecule has 9 heteroatoms. The number of aryl methyl sites for hydroxylation is 1. The number of rotatable bonds is 8. The summed E-state index contributed by atoms with van der Waals surface area (Å²) >= 11 is 0. The van der Waals surface area contributed by atoms with E-state index < -0.39 is 22.1 Å². The normalized spacial score (nSPS) is 16.5. The van der Waals surface area contributed by atoms with Crippen molar-refractivity contribution in [3.05, 3.63) is 29.8 Å². The van der Waals surface area contributed by atoms with E-state index in [-0.39, 0.29) is 17.2 Å². The van der Waals surface area contributed by atoms with Crippen LogP contribution in [-0.4, -0.2) is 63.6 Å². The highest BCUT2D eigenvalue weighted by Crippen LogP contribution is 2.18. The lowest BCUT2D eigenvalue weighted by atomic mass is 10.1. The standard InChI is InChI=1S/C18H26N2O6S/c1-3-19-18(22)14(2)26-17(21)9-6-15-4-7-16(8-5-15)27(23,24)20-10-12-25-13-11-20/h4-5,7-8,14H,3,6,9-13H2,1-2H3,(H,19,22)/t14-/m0/s1. The van der Waals surface area contributed by atoms with Gasteiger partial charge in [-0.15, -0.1) is 0 Å². The van der Waals surface area contributed by atoms with E-state index in [0.717, 1.165) is 5.56 Å². The molecule has 1 atom stereocenters.